The molecule has 0 N–H and O–H groups in total. The summed E-state index contributed by atoms with van der Waals surface area (Å²) in [6.07, 6.45) is 3.24. The van der Waals surface area contributed by atoms with Crippen molar-refractivity contribution in [3.63, 3.8) is 0 Å². The first kappa shape index (κ1) is 19.0. The van der Waals surface area contributed by atoms with Gasteiger partial charge in [0.05, 0.1) is 4.90 Å². The topological polar surface area (TPSA) is 57.7 Å². The molecule has 0 atom stereocenters. The van der Waals surface area contributed by atoms with Crippen molar-refractivity contribution in [3.8, 4) is 0 Å². The third-order valence-electron chi connectivity index (χ3n) is 5.25. The predicted octanol–water partition coefficient (Wildman–Crippen LogP) is 3.34. The molecular formula is C20H20F2N2O3S. The molecule has 2 aromatic rings. The third kappa shape index (κ3) is 3.42. The Morgan fingerprint density at radius 3 is 2.25 bits per heavy atom. The number of hydrogen-bond donors (Lipinski definition) is 0. The largest absolute Gasteiger partial charge is 0.308 e. The lowest BCUT2D eigenvalue weighted by Crippen LogP contribution is -2.35. The summed E-state index contributed by atoms with van der Waals surface area (Å²) in [7, 11) is -3.55. The molecule has 28 heavy (non-hydrogen) atoms. The van der Waals surface area contributed by atoms with Gasteiger partial charge in [0.2, 0.25) is 10.0 Å². The first-order chi connectivity index (χ1) is 13.4. The van der Waals surface area contributed by atoms with Crippen LogP contribution in [0.25, 0.3) is 0 Å². The molecule has 0 saturated carbocycles. The minimum atomic E-state index is -3.55. The van der Waals surface area contributed by atoms with Crippen LogP contribution in [-0.2, 0) is 16.4 Å². The SMILES string of the molecule is O=C(c1cc(F)cc(F)c1)N1CCc2cc(S(=O)(=O)N3CCCCC3)ccc21. The molecule has 2 aromatic carbocycles. The zero-order valence-corrected chi connectivity index (χ0v) is 16.0. The molecule has 0 radical (unpaired) electrons. The summed E-state index contributed by atoms with van der Waals surface area (Å²) in [5.41, 5.74) is 1.24. The first-order valence-corrected chi connectivity index (χ1v) is 10.7. The summed E-state index contributed by atoms with van der Waals surface area (Å²) in [6.45, 7) is 1.38. The van der Waals surface area contributed by atoms with E-state index in [0.717, 1.165) is 37.0 Å². The summed E-state index contributed by atoms with van der Waals surface area (Å²) in [5, 5.41) is 0. The number of carbonyl (C=O) groups is 1. The average molecular weight is 406 g/mol. The molecule has 0 bridgehead atoms. The molecule has 2 aliphatic heterocycles. The van der Waals surface area contributed by atoms with Crippen molar-refractivity contribution in [2.45, 2.75) is 30.6 Å². The molecule has 1 amide bonds. The van der Waals surface area contributed by atoms with Gasteiger partial charge in [-0.25, -0.2) is 17.2 Å². The molecule has 8 heteroatoms. The van der Waals surface area contributed by atoms with Crippen molar-refractivity contribution in [1.82, 2.24) is 4.31 Å². The Kier molecular flexibility index (Phi) is 4.93. The number of halogens is 2. The van der Waals surface area contributed by atoms with Crippen LogP contribution in [0.5, 0.6) is 0 Å². The summed E-state index contributed by atoms with van der Waals surface area (Å²) >= 11 is 0. The third-order valence-corrected chi connectivity index (χ3v) is 7.15. The second kappa shape index (κ2) is 7.25. The number of nitrogens with zero attached hydrogens (tertiary/aromatic N) is 2. The molecule has 0 unspecified atom stereocenters. The molecule has 4 rings (SSSR count). The summed E-state index contributed by atoms with van der Waals surface area (Å²) in [6, 6.07) is 7.43. The number of amides is 1. The molecule has 0 aliphatic carbocycles. The van der Waals surface area contributed by atoms with E-state index in [1.54, 1.807) is 12.1 Å². The summed E-state index contributed by atoms with van der Waals surface area (Å²) in [4.78, 5) is 14.4. The van der Waals surface area contributed by atoms with Gasteiger partial charge in [-0.05, 0) is 55.2 Å². The Labute approximate surface area is 162 Å². The number of carbonyl (C=O) groups excluding carboxylic acids is 1. The molecule has 148 valence electrons. The molecule has 2 aliphatic rings. The zero-order valence-electron chi connectivity index (χ0n) is 15.2. The van der Waals surface area contributed by atoms with Gasteiger partial charge in [0.15, 0.2) is 0 Å². The van der Waals surface area contributed by atoms with E-state index in [2.05, 4.69) is 0 Å². The lowest BCUT2D eigenvalue weighted by molar-refractivity contribution is 0.0988. The monoisotopic (exact) mass is 406 g/mol. The maximum atomic E-state index is 13.5. The van der Waals surface area contributed by atoms with Crippen molar-refractivity contribution in [2.75, 3.05) is 24.5 Å². The van der Waals surface area contributed by atoms with Crippen LogP contribution in [0.3, 0.4) is 0 Å². The van der Waals surface area contributed by atoms with E-state index in [9.17, 15) is 22.0 Å². The van der Waals surface area contributed by atoms with Crippen LogP contribution in [0.2, 0.25) is 0 Å². The van der Waals surface area contributed by atoms with E-state index in [1.165, 1.54) is 15.3 Å². The number of piperidine rings is 1. The first-order valence-electron chi connectivity index (χ1n) is 9.27. The highest BCUT2D eigenvalue weighted by Crippen LogP contribution is 2.33. The fraction of sp³-hybridized carbons (Fsp3) is 0.350. The summed E-state index contributed by atoms with van der Waals surface area (Å²) < 4.78 is 54.1. The number of sulfonamides is 1. The van der Waals surface area contributed by atoms with E-state index < -0.39 is 27.6 Å². The van der Waals surface area contributed by atoms with Crippen molar-refractivity contribution in [3.05, 3.63) is 59.2 Å². The van der Waals surface area contributed by atoms with E-state index >= 15 is 0 Å². The highest BCUT2D eigenvalue weighted by atomic mass is 32.2. The lowest BCUT2D eigenvalue weighted by Gasteiger charge is -2.26. The quantitative estimate of drug-likeness (QED) is 0.786. The van der Waals surface area contributed by atoms with Crippen LogP contribution < -0.4 is 4.90 Å². The maximum Gasteiger partial charge on any atom is 0.258 e. The van der Waals surface area contributed by atoms with E-state index in [1.807, 2.05) is 0 Å². The molecule has 0 aromatic heterocycles. The van der Waals surface area contributed by atoms with E-state index in [4.69, 9.17) is 0 Å². The molecular weight excluding hydrogens is 386 g/mol. The second-order valence-corrected chi connectivity index (χ2v) is 9.06. The predicted molar refractivity (Wildman–Crippen MR) is 101 cm³/mol. The smallest absolute Gasteiger partial charge is 0.258 e. The fourth-order valence-corrected chi connectivity index (χ4v) is 5.41. The Hall–Kier alpha value is -2.32. The van der Waals surface area contributed by atoms with Crippen LogP contribution in [0.1, 0.15) is 35.2 Å². The van der Waals surface area contributed by atoms with E-state index in [0.29, 0.717) is 37.8 Å². The Bertz CT molecular complexity index is 1010. The van der Waals surface area contributed by atoms with Gasteiger partial charge in [-0.3, -0.25) is 4.79 Å². The number of rotatable bonds is 3. The van der Waals surface area contributed by atoms with Gasteiger partial charge < -0.3 is 4.90 Å². The maximum absolute atomic E-state index is 13.5. The van der Waals surface area contributed by atoms with Crippen LogP contribution in [-0.4, -0.2) is 38.3 Å². The van der Waals surface area contributed by atoms with Crippen molar-refractivity contribution < 1.29 is 22.0 Å². The van der Waals surface area contributed by atoms with Crippen LogP contribution >= 0.6 is 0 Å². The van der Waals surface area contributed by atoms with Gasteiger partial charge in [0, 0.05) is 37.0 Å². The van der Waals surface area contributed by atoms with Crippen molar-refractivity contribution >= 4 is 21.6 Å². The Balaban J connectivity index is 1.62. The van der Waals surface area contributed by atoms with Crippen LogP contribution in [0, 0.1) is 11.6 Å². The molecule has 0 spiro atoms. The average Bonchev–Trinajstić information content (AvgIpc) is 3.10. The Morgan fingerprint density at radius 1 is 0.893 bits per heavy atom. The van der Waals surface area contributed by atoms with Crippen LogP contribution in [0.15, 0.2) is 41.3 Å². The van der Waals surface area contributed by atoms with Gasteiger partial charge in [-0.15, -0.1) is 0 Å². The van der Waals surface area contributed by atoms with Crippen LogP contribution in [0.4, 0.5) is 14.5 Å². The minimum absolute atomic E-state index is 0.0737. The van der Waals surface area contributed by atoms with Crippen molar-refractivity contribution in [1.29, 1.82) is 0 Å². The van der Waals surface area contributed by atoms with Gasteiger partial charge in [-0.2, -0.15) is 4.31 Å². The van der Waals surface area contributed by atoms with Gasteiger partial charge in [0.1, 0.15) is 11.6 Å². The van der Waals surface area contributed by atoms with E-state index in [-0.39, 0.29) is 10.5 Å². The number of fused-ring (bicyclic) bond motifs is 1. The number of benzene rings is 2. The lowest BCUT2D eigenvalue weighted by atomic mass is 10.1. The van der Waals surface area contributed by atoms with Gasteiger partial charge in [-0.1, -0.05) is 6.42 Å². The fourth-order valence-electron chi connectivity index (χ4n) is 3.84. The standard InChI is InChI=1S/C20H20F2N2O3S/c21-16-10-15(11-17(22)13-16)20(25)24-9-6-14-12-18(4-5-19(14)24)28(26,27)23-7-2-1-3-8-23/h4-5,10-13H,1-3,6-9H2. The molecule has 1 saturated heterocycles. The highest BCUT2D eigenvalue weighted by Gasteiger charge is 2.30. The second-order valence-electron chi connectivity index (χ2n) is 7.12. The number of hydrogen-bond acceptors (Lipinski definition) is 3. The minimum Gasteiger partial charge on any atom is -0.308 e. The molecule has 1 fully saturated rings. The highest BCUT2D eigenvalue weighted by molar-refractivity contribution is 7.89. The molecule has 2 heterocycles. The Morgan fingerprint density at radius 2 is 1.57 bits per heavy atom. The summed E-state index contributed by atoms with van der Waals surface area (Å²) in [5.74, 6) is -2.14. The van der Waals surface area contributed by atoms with Crippen molar-refractivity contribution in [2.24, 2.45) is 0 Å². The van der Waals surface area contributed by atoms with Gasteiger partial charge >= 0.3 is 0 Å². The molecule has 5 nitrogen and oxygen atoms in total. The zero-order chi connectivity index (χ0) is 19.9. The normalized spacial score (nSPS) is 17.6. The van der Waals surface area contributed by atoms with Gasteiger partial charge in [0.25, 0.3) is 5.91 Å². The number of anilines is 1.